The van der Waals surface area contributed by atoms with Gasteiger partial charge in [0.25, 0.3) is 0 Å². The molecule has 1 atom stereocenters. The summed E-state index contributed by atoms with van der Waals surface area (Å²) in [6.07, 6.45) is 3.22. The molecule has 0 aliphatic heterocycles. The highest BCUT2D eigenvalue weighted by Crippen LogP contribution is 2.13. The number of nitrogens with zero attached hydrogens (tertiary/aromatic N) is 4. The number of aromatic nitrogens is 4. The van der Waals surface area contributed by atoms with E-state index in [4.69, 9.17) is 11.5 Å². The van der Waals surface area contributed by atoms with Crippen LogP contribution >= 0.6 is 0 Å². The van der Waals surface area contributed by atoms with Crippen LogP contribution in [0.4, 0.5) is 5.82 Å². The predicted octanol–water partition coefficient (Wildman–Crippen LogP) is -0.667. The topological polar surface area (TPSA) is 125 Å². The van der Waals surface area contributed by atoms with E-state index in [-0.39, 0.29) is 24.4 Å². The molecule has 0 fully saturated rings. The van der Waals surface area contributed by atoms with Gasteiger partial charge in [-0.15, -0.1) is 0 Å². The van der Waals surface area contributed by atoms with Gasteiger partial charge in [0, 0.05) is 0 Å². The van der Waals surface area contributed by atoms with Crippen molar-refractivity contribution in [3.63, 3.8) is 0 Å². The smallest absolute Gasteiger partial charge is 0.247 e. The highest BCUT2D eigenvalue weighted by molar-refractivity contribution is 5.92. The Hall–Kier alpha value is -2.06. The van der Waals surface area contributed by atoms with Crippen LogP contribution in [0.5, 0.6) is 0 Å². The van der Waals surface area contributed by atoms with Gasteiger partial charge >= 0.3 is 0 Å². The van der Waals surface area contributed by atoms with Crippen molar-refractivity contribution >= 4 is 22.9 Å². The van der Waals surface area contributed by atoms with Gasteiger partial charge in [-0.2, -0.15) is 0 Å². The highest BCUT2D eigenvalue weighted by Gasteiger charge is 2.13. The van der Waals surface area contributed by atoms with E-state index in [9.17, 15) is 4.79 Å². The summed E-state index contributed by atoms with van der Waals surface area (Å²) in [4.78, 5) is 23.8. The molecule has 8 nitrogen and oxygen atoms in total. The largest absolute Gasteiger partial charge is 0.382 e. The number of hydrogen-bond donors (Lipinski definition) is 3. The van der Waals surface area contributed by atoms with Gasteiger partial charge < -0.3 is 11.5 Å². The average molecular weight is 249 g/mol. The molecule has 2 heterocycles. The first-order valence-corrected chi connectivity index (χ1v) is 5.59. The Morgan fingerprint density at radius 3 is 3.00 bits per heavy atom. The summed E-state index contributed by atoms with van der Waals surface area (Å²) in [5, 5.41) is 2.90. The molecule has 0 aliphatic carbocycles. The third kappa shape index (κ3) is 2.29. The van der Waals surface area contributed by atoms with Crippen LogP contribution < -0.4 is 16.8 Å². The van der Waals surface area contributed by atoms with Crippen LogP contribution in [0.2, 0.25) is 0 Å². The van der Waals surface area contributed by atoms with Crippen LogP contribution in [0.25, 0.3) is 11.2 Å². The van der Waals surface area contributed by atoms with Gasteiger partial charge in [0.1, 0.15) is 12.7 Å². The molecule has 2 rings (SSSR count). The summed E-state index contributed by atoms with van der Waals surface area (Å²) in [7, 11) is 0. The minimum atomic E-state index is -0.205. The molecule has 0 aliphatic rings. The number of nitrogen functional groups attached to an aromatic ring is 1. The number of nitrogens with two attached hydrogens (primary N) is 2. The van der Waals surface area contributed by atoms with Gasteiger partial charge in [-0.25, -0.2) is 15.0 Å². The Morgan fingerprint density at radius 2 is 2.28 bits per heavy atom. The van der Waals surface area contributed by atoms with Crippen molar-refractivity contribution in [1.82, 2.24) is 24.8 Å². The van der Waals surface area contributed by atoms with Crippen LogP contribution in [-0.4, -0.2) is 38.1 Å². The zero-order valence-corrected chi connectivity index (χ0v) is 10.00. The Balaban J connectivity index is 2.21. The molecule has 0 aromatic carbocycles. The lowest BCUT2D eigenvalue weighted by atomic mass is 10.4. The van der Waals surface area contributed by atoms with Crippen LogP contribution in [0, 0.1) is 0 Å². The summed E-state index contributed by atoms with van der Waals surface area (Å²) >= 11 is 0. The lowest BCUT2D eigenvalue weighted by molar-refractivity contribution is 0.0912. The second kappa shape index (κ2) is 5.07. The van der Waals surface area contributed by atoms with Crippen molar-refractivity contribution in [2.45, 2.75) is 19.5 Å². The fourth-order valence-corrected chi connectivity index (χ4v) is 1.48. The molecule has 0 amide bonds. The SMILES string of the molecule is CCC(N)NCC(=O)n1cnc2c(N)ncnc21. The van der Waals surface area contributed by atoms with Crippen LogP contribution in [0.3, 0.4) is 0 Å². The molecule has 0 saturated heterocycles. The molecule has 8 heteroatoms. The number of nitrogens with one attached hydrogen (secondary N) is 1. The zero-order chi connectivity index (χ0) is 13.1. The number of carbonyl (C=O) groups is 1. The fourth-order valence-electron chi connectivity index (χ4n) is 1.48. The van der Waals surface area contributed by atoms with Crippen molar-refractivity contribution in [3.05, 3.63) is 12.7 Å². The van der Waals surface area contributed by atoms with Crippen LogP contribution in [0.15, 0.2) is 12.7 Å². The molecule has 96 valence electrons. The van der Waals surface area contributed by atoms with Gasteiger partial charge in [-0.1, -0.05) is 6.92 Å². The van der Waals surface area contributed by atoms with E-state index in [1.807, 2.05) is 6.92 Å². The lowest BCUT2D eigenvalue weighted by Gasteiger charge is -2.10. The van der Waals surface area contributed by atoms with Gasteiger partial charge in [0.2, 0.25) is 5.91 Å². The van der Waals surface area contributed by atoms with E-state index in [2.05, 4.69) is 20.3 Å². The fraction of sp³-hybridized carbons (Fsp3) is 0.400. The molecule has 2 aromatic heterocycles. The van der Waals surface area contributed by atoms with Gasteiger partial charge in [0.05, 0.1) is 12.7 Å². The molecule has 0 radical (unpaired) electrons. The standard InChI is InChI=1S/C10H15N7O/c1-2-6(11)13-3-7(18)17-5-16-8-9(12)14-4-15-10(8)17/h4-6,13H,2-3,11H2,1H3,(H2,12,14,15). The first-order chi connectivity index (χ1) is 8.63. The van der Waals surface area contributed by atoms with E-state index in [1.165, 1.54) is 17.2 Å². The monoisotopic (exact) mass is 249 g/mol. The first kappa shape index (κ1) is 12.4. The third-order valence-electron chi connectivity index (χ3n) is 2.59. The highest BCUT2D eigenvalue weighted by atomic mass is 16.2. The van der Waals surface area contributed by atoms with Crippen molar-refractivity contribution in [2.24, 2.45) is 5.73 Å². The molecule has 18 heavy (non-hydrogen) atoms. The van der Waals surface area contributed by atoms with Crippen molar-refractivity contribution in [3.8, 4) is 0 Å². The van der Waals surface area contributed by atoms with E-state index >= 15 is 0 Å². The Bertz CT molecular complexity index is 564. The molecular formula is C10H15N7O. The van der Waals surface area contributed by atoms with E-state index < -0.39 is 0 Å². The van der Waals surface area contributed by atoms with E-state index in [0.717, 1.165) is 6.42 Å². The van der Waals surface area contributed by atoms with Crippen LogP contribution in [-0.2, 0) is 0 Å². The van der Waals surface area contributed by atoms with Gasteiger partial charge in [-0.05, 0) is 6.42 Å². The maximum atomic E-state index is 12.0. The van der Waals surface area contributed by atoms with Crippen molar-refractivity contribution in [1.29, 1.82) is 0 Å². The molecule has 1 unspecified atom stereocenters. The van der Waals surface area contributed by atoms with E-state index in [1.54, 1.807) is 0 Å². The predicted molar refractivity (Wildman–Crippen MR) is 66.6 cm³/mol. The average Bonchev–Trinajstić information content (AvgIpc) is 2.81. The molecule has 0 saturated carbocycles. The quantitative estimate of drug-likeness (QED) is 0.614. The number of fused-ring (bicyclic) bond motifs is 1. The minimum absolute atomic E-state index is 0.115. The Morgan fingerprint density at radius 1 is 1.50 bits per heavy atom. The van der Waals surface area contributed by atoms with Crippen LogP contribution in [0.1, 0.15) is 18.1 Å². The number of hydrogen-bond acceptors (Lipinski definition) is 7. The second-order valence-corrected chi connectivity index (χ2v) is 3.84. The maximum Gasteiger partial charge on any atom is 0.247 e. The summed E-state index contributed by atoms with van der Waals surface area (Å²) in [6.45, 7) is 2.05. The molecular weight excluding hydrogens is 234 g/mol. The Labute approximate surface area is 103 Å². The number of carbonyl (C=O) groups excluding carboxylic acids is 1. The number of rotatable bonds is 4. The Kier molecular flexibility index (Phi) is 3.49. The molecule has 5 N–H and O–H groups in total. The maximum absolute atomic E-state index is 12.0. The number of imidazole rings is 1. The lowest BCUT2D eigenvalue weighted by Crippen LogP contribution is -2.40. The van der Waals surface area contributed by atoms with Gasteiger partial charge in [0.15, 0.2) is 17.0 Å². The van der Waals surface area contributed by atoms with Crippen molar-refractivity contribution in [2.75, 3.05) is 12.3 Å². The molecule has 2 aromatic rings. The zero-order valence-electron chi connectivity index (χ0n) is 10.00. The van der Waals surface area contributed by atoms with E-state index in [0.29, 0.717) is 11.2 Å². The number of anilines is 1. The normalized spacial score (nSPS) is 12.8. The summed E-state index contributed by atoms with van der Waals surface area (Å²) in [6, 6.07) is 0. The first-order valence-electron chi connectivity index (χ1n) is 5.59. The third-order valence-corrected chi connectivity index (χ3v) is 2.59. The summed E-state index contributed by atoms with van der Waals surface area (Å²) < 4.78 is 1.34. The minimum Gasteiger partial charge on any atom is -0.382 e. The van der Waals surface area contributed by atoms with Crippen molar-refractivity contribution < 1.29 is 4.79 Å². The second-order valence-electron chi connectivity index (χ2n) is 3.84. The molecule has 0 spiro atoms. The summed E-state index contributed by atoms with van der Waals surface area (Å²) in [5.41, 5.74) is 12.1. The van der Waals surface area contributed by atoms with Gasteiger partial charge in [-0.3, -0.25) is 14.7 Å². The molecule has 0 bridgehead atoms. The summed E-state index contributed by atoms with van der Waals surface area (Å²) in [5.74, 6) is 0.0595.